The molecule has 0 aliphatic rings. The molecule has 2 rings (SSSR count). The van der Waals surface area contributed by atoms with Crippen molar-refractivity contribution in [2.75, 3.05) is 23.7 Å². The Morgan fingerprint density at radius 2 is 1.70 bits per heavy atom. The van der Waals surface area contributed by atoms with Crippen molar-refractivity contribution in [3.8, 4) is 0 Å². The summed E-state index contributed by atoms with van der Waals surface area (Å²) in [6.45, 7) is 8.43. The third-order valence-electron chi connectivity index (χ3n) is 5.64. The molecule has 0 fully saturated rings. The summed E-state index contributed by atoms with van der Waals surface area (Å²) in [6.07, 6.45) is 1.64. The Morgan fingerprint density at radius 1 is 1.03 bits per heavy atom. The smallest absolute Gasteiger partial charge is 0.242 e. The van der Waals surface area contributed by atoms with Gasteiger partial charge in [-0.05, 0) is 62.9 Å². The second-order valence-corrected chi connectivity index (χ2v) is 10.2. The minimum atomic E-state index is -3.51. The molecule has 0 heterocycles. The van der Waals surface area contributed by atoms with Gasteiger partial charge in [0.2, 0.25) is 21.8 Å². The first kappa shape index (κ1) is 26.4. The molecular weight excluding hydrogens is 438 g/mol. The van der Waals surface area contributed by atoms with Crippen molar-refractivity contribution in [3.63, 3.8) is 0 Å². The Bertz CT molecular complexity index is 1050. The number of benzene rings is 2. The van der Waals surface area contributed by atoms with Crippen molar-refractivity contribution >= 4 is 27.5 Å². The van der Waals surface area contributed by atoms with Crippen LogP contribution in [0.5, 0.6) is 0 Å². The van der Waals surface area contributed by atoms with Gasteiger partial charge in [0.15, 0.2) is 0 Å². The molecule has 33 heavy (non-hydrogen) atoms. The lowest BCUT2D eigenvalue weighted by Crippen LogP contribution is -2.47. The Kier molecular flexibility index (Phi) is 9.46. The van der Waals surface area contributed by atoms with Gasteiger partial charge in [0.1, 0.15) is 6.04 Å². The summed E-state index contributed by atoms with van der Waals surface area (Å²) in [6, 6.07) is 14.4. The molecule has 0 aliphatic heterocycles. The molecule has 0 aromatic heterocycles. The highest BCUT2D eigenvalue weighted by atomic mass is 32.2. The van der Waals surface area contributed by atoms with Crippen molar-refractivity contribution in [2.24, 2.45) is 0 Å². The van der Waals surface area contributed by atoms with E-state index in [0.29, 0.717) is 25.2 Å². The van der Waals surface area contributed by atoms with Crippen LogP contribution in [-0.4, -0.2) is 50.5 Å². The summed E-state index contributed by atoms with van der Waals surface area (Å²) < 4.78 is 26.2. The van der Waals surface area contributed by atoms with Gasteiger partial charge in [0, 0.05) is 26.1 Å². The predicted molar refractivity (Wildman–Crippen MR) is 132 cm³/mol. The van der Waals surface area contributed by atoms with E-state index in [-0.39, 0.29) is 24.8 Å². The van der Waals surface area contributed by atoms with Crippen LogP contribution in [0.3, 0.4) is 0 Å². The number of nitrogens with zero attached hydrogens (tertiary/aromatic N) is 2. The number of hydrogen-bond acceptors (Lipinski definition) is 4. The maximum absolute atomic E-state index is 13.1. The first-order valence-electron chi connectivity index (χ1n) is 11.2. The first-order chi connectivity index (χ1) is 15.5. The quantitative estimate of drug-likeness (QED) is 0.542. The van der Waals surface area contributed by atoms with E-state index in [9.17, 15) is 18.0 Å². The van der Waals surface area contributed by atoms with Crippen LogP contribution in [0.25, 0.3) is 0 Å². The Balaban J connectivity index is 2.14. The molecule has 0 saturated heterocycles. The van der Waals surface area contributed by atoms with Gasteiger partial charge < -0.3 is 10.2 Å². The summed E-state index contributed by atoms with van der Waals surface area (Å²) in [4.78, 5) is 27.1. The molecule has 0 spiro atoms. The molecule has 2 amide bonds. The fourth-order valence-electron chi connectivity index (χ4n) is 3.57. The second-order valence-electron chi connectivity index (χ2n) is 8.29. The maximum Gasteiger partial charge on any atom is 0.242 e. The van der Waals surface area contributed by atoms with E-state index < -0.39 is 16.1 Å². The van der Waals surface area contributed by atoms with Gasteiger partial charge in [-0.1, -0.05) is 36.4 Å². The number of aryl methyl sites for hydroxylation is 2. The van der Waals surface area contributed by atoms with Crippen LogP contribution in [0, 0.1) is 13.8 Å². The molecule has 0 saturated carbocycles. The van der Waals surface area contributed by atoms with E-state index in [2.05, 4.69) is 5.32 Å². The molecule has 1 N–H and O–H groups in total. The van der Waals surface area contributed by atoms with Crippen LogP contribution in [0.4, 0.5) is 5.69 Å². The number of anilines is 1. The Labute approximate surface area is 197 Å². The normalized spacial score (nSPS) is 12.2. The van der Waals surface area contributed by atoms with E-state index >= 15 is 0 Å². The van der Waals surface area contributed by atoms with Crippen molar-refractivity contribution in [1.82, 2.24) is 10.2 Å². The van der Waals surface area contributed by atoms with Gasteiger partial charge in [0.05, 0.1) is 11.9 Å². The number of likely N-dealkylation sites (N-methyl/N-ethyl adjacent to an activating group) is 1. The highest BCUT2D eigenvalue weighted by Gasteiger charge is 2.26. The molecule has 2 aromatic rings. The van der Waals surface area contributed by atoms with Crippen LogP contribution in [-0.2, 0) is 26.2 Å². The molecule has 0 aliphatic carbocycles. The van der Waals surface area contributed by atoms with Crippen molar-refractivity contribution in [1.29, 1.82) is 0 Å². The van der Waals surface area contributed by atoms with Gasteiger partial charge in [0.25, 0.3) is 0 Å². The number of nitrogens with one attached hydrogen (secondary N) is 1. The van der Waals surface area contributed by atoms with Crippen LogP contribution in [0.15, 0.2) is 48.5 Å². The highest BCUT2D eigenvalue weighted by Crippen LogP contribution is 2.22. The molecule has 8 heteroatoms. The molecular formula is C25H35N3O4S. The van der Waals surface area contributed by atoms with Gasteiger partial charge in [-0.15, -0.1) is 0 Å². The van der Waals surface area contributed by atoms with Gasteiger partial charge in [-0.3, -0.25) is 13.9 Å². The van der Waals surface area contributed by atoms with Gasteiger partial charge in [-0.2, -0.15) is 0 Å². The maximum atomic E-state index is 13.1. The van der Waals surface area contributed by atoms with Crippen LogP contribution >= 0.6 is 0 Å². The minimum absolute atomic E-state index is 0.132. The van der Waals surface area contributed by atoms with Crippen molar-refractivity contribution in [3.05, 3.63) is 65.2 Å². The largest absolute Gasteiger partial charge is 0.355 e. The van der Waals surface area contributed by atoms with E-state index in [1.165, 1.54) is 10.6 Å². The summed E-state index contributed by atoms with van der Waals surface area (Å²) in [7, 11) is -3.51. The van der Waals surface area contributed by atoms with Crippen LogP contribution in [0.1, 0.15) is 43.4 Å². The molecule has 7 nitrogen and oxygen atoms in total. The molecule has 0 unspecified atom stereocenters. The molecule has 2 aromatic carbocycles. The molecule has 1 atom stereocenters. The first-order valence-corrected chi connectivity index (χ1v) is 13.1. The zero-order valence-electron chi connectivity index (χ0n) is 20.2. The molecule has 0 bridgehead atoms. The topological polar surface area (TPSA) is 86.8 Å². The fourth-order valence-corrected chi connectivity index (χ4v) is 4.53. The average molecular weight is 474 g/mol. The summed E-state index contributed by atoms with van der Waals surface area (Å²) in [5, 5.41) is 2.77. The lowest BCUT2D eigenvalue weighted by molar-refractivity contribution is -0.140. The zero-order chi connectivity index (χ0) is 24.6. The number of amides is 2. The van der Waals surface area contributed by atoms with Crippen LogP contribution < -0.4 is 9.62 Å². The second kappa shape index (κ2) is 11.8. The number of rotatable bonds is 11. The standard InChI is InChI=1S/C25H35N3O4S/c1-6-26-25(30)21(4)27(18-22-11-8-7-9-12-22)24(29)13-10-16-28(33(5,31)32)23-15-14-19(2)20(3)17-23/h7-9,11-12,14-15,17,21H,6,10,13,16,18H2,1-5H3,(H,26,30)/t21-/m0/s1. The molecule has 180 valence electrons. The lowest BCUT2D eigenvalue weighted by Gasteiger charge is -2.29. The molecule has 0 radical (unpaired) electrons. The minimum Gasteiger partial charge on any atom is -0.355 e. The van der Waals surface area contributed by atoms with Crippen LogP contribution in [0.2, 0.25) is 0 Å². The number of sulfonamides is 1. The third-order valence-corrected chi connectivity index (χ3v) is 6.84. The monoisotopic (exact) mass is 473 g/mol. The van der Waals surface area contributed by atoms with E-state index in [1.54, 1.807) is 17.9 Å². The van der Waals surface area contributed by atoms with Gasteiger partial charge >= 0.3 is 0 Å². The summed E-state index contributed by atoms with van der Waals surface area (Å²) in [5.74, 6) is -0.402. The summed E-state index contributed by atoms with van der Waals surface area (Å²) in [5.41, 5.74) is 3.60. The third kappa shape index (κ3) is 7.60. The predicted octanol–water partition coefficient (Wildman–Crippen LogP) is 3.40. The van der Waals surface area contributed by atoms with Gasteiger partial charge in [-0.25, -0.2) is 8.42 Å². The number of carbonyl (C=O) groups is 2. The number of carbonyl (C=O) groups excluding carboxylic acids is 2. The average Bonchev–Trinajstić information content (AvgIpc) is 2.76. The lowest BCUT2D eigenvalue weighted by atomic mass is 10.1. The number of hydrogen-bond donors (Lipinski definition) is 1. The van der Waals surface area contributed by atoms with E-state index in [0.717, 1.165) is 16.7 Å². The van der Waals surface area contributed by atoms with E-state index in [1.807, 2.05) is 63.2 Å². The fraction of sp³-hybridized carbons (Fsp3) is 0.440. The highest BCUT2D eigenvalue weighted by molar-refractivity contribution is 7.92. The zero-order valence-corrected chi connectivity index (χ0v) is 21.0. The Morgan fingerprint density at radius 3 is 2.27 bits per heavy atom. The SMILES string of the molecule is CCNC(=O)[C@H](C)N(Cc1ccccc1)C(=O)CCCN(c1ccc(C)c(C)c1)S(C)(=O)=O. The van der Waals surface area contributed by atoms with Crippen molar-refractivity contribution < 1.29 is 18.0 Å². The van der Waals surface area contributed by atoms with E-state index in [4.69, 9.17) is 0 Å². The van der Waals surface area contributed by atoms with Crippen molar-refractivity contribution in [2.45, 2.75) is 53.1 Å². The summed E-state index contributed by atoms with van der Waals surface area (Å²) >= 11 is 0. The Hall–Kier alpha value is -2.87.